The van der Waals surface area contributed by atoms with E-state index in [1.807, 2.05) is 36.4 Å². The summed E-state index contributed by atoms with van der Waals surface area (Å²) in [5, 5.41) is 7.48. The largest absolute Gasteiger partial charge is 0.493 e. The van der Waals surface area contributed by atoms with E-state index in [-0.39, 0.29) is 12.8 Å². The lowest BCUT2D eigenvalue weighted by Crippen LogP contribution is -2.39. The van der Waals surface area contributed by atoms with Crippen molar-refractivity contribution in [2.45, 2.75) is 5.60 Å². The number of ether oxygens (including phenoxy) is 5. The highest BCUT2D eigenvalue weighted by Crippen LogP contribution is 2.55. The minimum absolute atomic E-state index is 0.186. The Balaban J connectivity index is 1.15. The van der Waals surface area contributed by atoms with Crippen molar-refractivity contribution in [3.63, 3.8) is 0 Å². The number of nitrogens with zero attached hydrogens (tertiary/aromatic N) is 1. The van der Waals surface area contributed by atoms with E-state index in [4.69, 9.17) is 28.5 Å². The van der Waals surface area contributed by atoms with Crippen molar-refractivity contribution in [3.05, 3.63) is 65.7 Å². The number of carbonyl (C=O) groups is 1. The highest BCUT2D eigenvalue weighted by Gasteiger charge is 2.52. The number of para-hydroxylation sites is 1. The molecule has 2 amide bonds. The molecule has 0 saturated heterocycles. The van der Waals surface area contributed by atoms with Gasteiger partial charge in [0.05, 0.1) is 26.5 Å². The number of benzene rings is 3. The van der Waals surface area contributed by atoms with Crippen LogP contribution in [-0.4, -0.2) is 46.7 Å². The zero-order valence-electron chi connectivity index (χ0n) is 19.8. The van der Waals surface area contributed by atoms with Crippen molar-refractivity contribution < 1.29 is 33.3 Å². The molecule has 0 saturated carbocycles. The molecule has 3 aromatic carbocycles. The lowest BCUT2D eigenvalue weighted by molar-refractivity contribution is -0.0251. The lowest BCUT2D eigenvalue weighted by Gasteiger charge is -2.25. The summed E-state index contributed by atoms with van der Waals surface area (Å²) in [7, 11) is 3.11. The van der Waals surface area contributed by atoms with Gasteiger partial charge in [0, 0.05) is 35.5 Å². The highest BCUT2D eigenvalue weighted by molar-refractivity contribution is 5.89. The van der Waals surface area contributed by atoms with Crippen LogP contribution in [0.15, 0.2) is 54.6 Å². The second kappa shape index (κ2) is 8.72. The zero-order valence-corrected chi connectivity index (χ0v) is 19.8. The van der Waals surface area contributed by atoms with E-state index >= 15 is 0 Å². The zero-order chi connectivity index (χ0) is 24.7. The molecule has 36 heavy (non-hydrogen) atoms. The molecule has 0 radical (unpaired) electrons. The van der Waals surface area contributed by atoms with Crippen LogP contribution < -0.4 is 39.4 Å². The number of methoxy groups -OCH3 is 2. The topological polar surface area (TPSA) is 99.8 Å². The van der Waals surface area contributed by atoms with E-state index in [2.05, 4.69) is 10.6 Å². The van der Waals surface area contributed by atoms with Gasteiger partial charge >= 0.3 is 6.03 Å². The Hall–Kier alpha value is -4.31. The molecule has 0 aliphatic carbocycles. The van der Waals surface area contributed by atoms with Gasteiger partial charge in [0.15, 0.2) is 28.6 Å². The van der Waals surface area contributed by atoms with Crippen molar-refractivity contribution in [1.82, 2.24) is 5.32 Å². The van der Waals surface area contributed by atoms with Crippen LogP contribution >= 0.6 is 0 Å². The van der Waals surface area contributed by atoms with E-state index in [1.54, 1.807) is 37.5 Å². The summed E-state index contributed by atoms with van der Waals surface area (Å²) in [6, 6.07) is 16.6. The second-order valence-corrected chi connectivity index (χ2v) is 8.48. The molecule has 6 rings (SSSR count). The summed E-state index contributed by atoms with van der Waals surface area (Å²) < 4.78 is 27.6. The van der Waals surface area contributed by atoms with Gasteiger partial charge in [-0.2, -0.15) is 0 Å². The molecule has 1 unspecified atom stereocenters. The van der Waals surface area contributed by atoms with Gasteiger partial charge in [-0.3, -0.25) is 9.90 Å². The van der Waals surface area contributed by atoms with Gasteiger partial charge in [-0.1, -0.05) is 18.2 Å². The number of amides is 2. The summed E-state index contributed by atoms with van der Waals surface area (Å²) in [5.41, 5.74) is 2.60. The maximum Gasteiger partial charge on any atom is 0.319 e. The number of hydrogen-bond acceptors (Lipinski definition) is 8. The molecule has 10 heteroatoms. The summed E-state index contributed by atoms with van der Waals surface area (Å²) in [5.74, 6) is 3.17. The number of rotatable bonds is 6. The minimum atomic E-state index is -0.797. The Labute approximate surface area is 207 Å². The third kappa shape index (κ3) is 3.57. The molecule has 3 aliphatic heterocycles. The first-order valence-corrected chi connectivity index (χ1v) is 11.5. The monoisotopic (exact) mass is 491 g/mol. The van der Waals surface area contributed by atoms with Gasteiger partial charge in [0.2, 0.25) is 6.79 Å². The molecular weight excluding hydrogens is 466 g/mol. The standard InChI is InChI=1S/C26H25N3O7/c1-31-20-8-7-16(11-22(20)32-2)28-25(30)27-9-10-29-19-6-4-3-5-17(19)26(36-29)14-33-21-13-24-23(12-18(21)26)34-15-35-24/h3-8,11-13H,9-10,14-15H2,1-2H3,(H2,27,28,30). The Morgan fingerprint density at radius 1 is 0.944 bits per heavy atom. The fourth-order valence-electron chi connectivity index (χ4n) is 4.76. The fraction of sp³-hybridized carbons (Fsp3) is 0.269. The molecule has 3 aliphatic rings. The molecule has 3 heterocycles. The predicted octanol–water partition coefficient (Wildman–Crippen LogP) is 3.64. The molecule has 10 nitrogen and oxygen atoms in total. The van der Waals surface area contributed by atoms with E-state index in [0.29, 0.717) is 54.1 Å². The van der Waals surface area contributed by atoms with Crippen LogP contribution in [0.1, 0.15) is 11.1 Å². The van der Waals surface area contributed by atoms with Gasteiger partial charge in [0.1, 0.15) is 12.4 Å². The van der Waals surface area contributed by atoms with Crippen LogP contribution in [0.5, 0.6) is 28.7 Å². The molecular formula is C26H25N3O7. The Bertz CT molecular complexity index is 1330. The minimum Gasteiger partial charge on any atom is -0.493 e. The first kappa shape index (κ1) is 22.2. The van der Waals surface area contributed by atoms with Crippen molar-refractivity contribution in [2.24, 2.45) is 0 Å². The summed E-state index contributed by atoms with van der Waals surface area (Å²) in [4.78, 5) is 19.0. The van der Waals surface area contributed by atoms with Crippen LogP contribution in [-0.2, 0) is 10.4 Å². The number of urea groups is 1. The van der Waals surface area contributed by atoms with Crippen molar-refractivity contribution >= 4 is 17.4 Å². The maximum absolute atomic E-state index is 12.5. The molecule has 0 aromatic heterocycles. The maximum atomic E-state index is 12.5. The van der Waals surface area contributed by atoms with E-state index in [9.17, 15) is 4.79 Å². The van der Waals surface area contributed by atoms with Gasteiger partial charge in [-0.25, -0.2) is 4.79 Å². The quantitative estimate of drug-likeness (QED) is 0.539. The summed E-state index contributed by atoms with van der Waals surface area (Å²) in [6.07, 6.45) is 0. The number of hydroxylamine groups is 1. The summed E-state index contributed by atoms with van der Waals surface area (Å²) >= 11 is 0. The van der Waals surface area contributed by atoms with E-state index < -0.39 is 5.60 Å². The van der Waals surface area contributed by atoms with Gasteiger partial charge in [-0.05, 0) is 24.3 Å². The SMILES string of the molecule is COc1ccc(NC(=O)NCCN2OC3(COc4cc5c(cc43)OCO5)c3ccccc32)cc1OC. The first-order chi connectivity index (χ1) is 17.6. The van der Waals surface area contributed by atoms with Crippen molar-refractivity contribution in [2.75, 3.05) is 51.1 Å². The Kier molecular flexibility index (Phi) is 5.37. The normalized spacial score (nSPS) is 18.4. The van der Waals surface area contributed by atoms with Crippen molar-refractivity contribution in [1.29, 1.82) is 0 Å². The molecule has 2 N–H and O–H groups in total. The third-order valence-electron chi connectivity index (χ3n) is 6.46. The number of anilines is 2. The predicted molar refractivity (Wildman–Crippen MR) is 130 cm³/mol. The Morgan fingerprint density at radius 3 is 2.58 bits per heavy atom. The number of hydrogen-bond donors (Lipinski definition) is 2. The second-order valence-electron chi connectivity index (χ2n) is 8.48. The van der Waals surface area contributed by atoms with Gasteiger partial charge < -0.3 is 34.3 Å². The molecule has 186 valence electrons. The third-order valence-corrected chi connectivity index (χ3v) is 6.46. The van der Waals surface area contributed by atoms with E-state index in [0.717, 1.165) is 16.8 Å². The van der Waals surface area contributed by atoms with Gasteiger partial charge in [-0.15, -0.1) is 0 Å². The van der Waals surface area contributed by atoms with Crippen LogP contribution in [0.2, 0.25) is 0 Å². The summed E-state index contributed by atoms with van der Waals surface area (Å²) in [6.45, 7) is 1.29. The number of fused-ring (bicyclic) bond motifs is 5. The lowest BCUT2D eigenvalue weighted by atomic mass is 9.87. The number of nitrogens with one attached hydrogen (secondary N) is 2. The molecule has 1 atom stereocenters. The van der Waals surface area contributed by atoms with Crippen molar-refractivity contribution in [3.8, 4) is 28.7 Å². The fourth-order valence-corrected chi connectivity index (χ4v) is 4.76. The van der Waals surface area contributed by atoms with Crippen LogP contribution in [0.3, 0.4) is 0 Å². The molecule has 0 bridgehead atoms. The molecule has 0 fully saturated rings. The molecule has 3 aromatic rings. The van der Waals surface area contributed by atoms with E-state index in [1.165, 1.54) is 0 Å². The van der Waals surface area contributed by atoms with Crippen LogP contribution in [0.4, 0.5) is 16.2 Å². The number of carbonyl (C=O) groups excluding carboxylic acids is 1. The van der Waals surface area contributed by atoms with Crippen LogP contribution in [0.25, 0.3) is 0 Å². The smallest absolute Gasteiger partial charge is 0.319 e. The average Bonchev–Trinajstić information content (AvgIpc) is 3.59. The Morgan fingerprint density at radius 2 is 1.75 bits per heavy atom. The molecule has 1 spiro atoms. The first-order valence-electron chi connectivity index (χ1n) is 11.5. The van der Waals surface area contributed by atoms with Gasteiger partial charge in [0.25, 0.3) is 0 Å². The average molecular weight is 492 g/mol. The van der Waals surface area contributed by atoms with Crippen LogP contribution in [0, 0.1) is 0 Å². The highest BCUT2D eigenvalue weighted by atomic mass is 16.7.